The molecule has 0 radical (unpaired) electrons. The summed E-state index contributed by atoms with van der Waals surface area (Å²) in [5.41, 5.74) is -1.35. The first kappa shape index (κ1) is 19.2. The zero-order chi connectivity index (χ0) is 20.3. The Hall–Kier alpha value is -3.56. The van der Waals surface area contributed by atoms with Crippen molar-refractivity contribution in [2.24, 2.45) is 0 Å². The minimum atomic E-state index is -4.49. The van der Waals surface area contributed by atoms with Crippen LogP contribution in [0.15, 0.2) is 54.9 Å². The van der Waals surface area contributed by atoms with Gasteiger partial charge in [0.15, 0.2) is 0 Å². The molecule has 28 heavy (non-hydrogen) atoms. The number of hydrogen-bond acceptors (Lipinski definition) is 4. The number of nitrogens with one attached hydrogen (secondary N) is 2. The van der Waals surface area contributed by atoms with Crippen LogP contribution in [0.3, 0.4) is 0 Å². The van der Waals surface area contributed by atoms with Gasteiger partial charge >= 0.3 is 6.18 Å². The normalized spacial score (nSPS) is 11.2. The first-order valence-corrected chi connectivity index (χ1v) is 7.76. The third-order valence-electron chi connectivity index (χ3n) is 3.59. The molecule has 0 saturated carbocycles. The lowest BCUT2D eigenvalue weighted by molar-refractivity contribution is -0.137. The van der Waals surface area contributed by atoms with E-state index in [9.17, 15) is 26.7 Å². The van der Waals surface area contributed by atoms with E-state index in [0.29, 0.717) is 0 Å². The number of nitrogens with zero attached hydrogens (tertiary/aromatic N) is 2. The Kier molecular flexibility index (Phi) is 5.21. The number of carbonyl (C=O) groups excluding carboxylic acids is 1. The number of benzene rings is 2. The maximum absolute atomic E-state index is 13.7. The average Bonchev–Trinajstić information content (AvgIpc) is 2.65. The first-order valence-electron chi connectivity index (χ1n) is 7.76. The third kappa shape index (κ3) is 4.40. The molecule has 144 valence electrons. The van der Waals surface area contributed by atoms with Gasteiger partial charge in [-0.1, -0.05) is 6.07 Å². The lowest BCUT2D eigenvalue weighted by Gasteiger charge is -2.10. The second-order valence-electron chi connectivity index (χ2n) is 5.54. The van der Waals surface area contributed by atoms with Crippen LogP contribution in [0.2, 0.25) is 0 Å². The summed E-state index contributed by atoms with van der Waals surface area (Å²) in [6.45, 7) is 0. The summed E-state index contributed by atoms with van der Waals surface area (Å²) in [5, 5.41) is 4.80. The number of halogens is 5. The van der Waals surface area contributed by atoms with E-state index in [2.05, 4.69) is 20.6 Å². The highest BCUT2D eigenvalue weighted by molar-refractivity contribution is 6.03. The van der Waals surface area contributed by atoms with Crippen LogP contribution in [0.5, 0.6) is 0 Å². The van der Waals surface area contributed by atoms with Gasteiger partial charge in [0, 0.05) is 11.8 Å². The summed E-state index contributed by atoms with van der Waals surface area (Å²) >= 11 is 0. The minimum Gasteiger partial charge on any atom is -0.335 e. The molecule has 0 aliphatic rings. The van der Waals surface area contributed by atoms with E-state index in [0.717, 1.165) is 48.8 Å². The second-order valence-corrected chi connectivity index (χ2v) is 5.54. The molecule has 0 atom stereocenters. The fraction of sp³-hybridized carbons (Fsp3) is 0.0556. The molecule has 10 heteroatoms. The molecule has 0 aliphatic heterocycles. The maximum atomic E-state index is 13.7. The number of aromatic nitrogens is 2. The van der Waals surface area contributed by atoms with Crippen LogP contribution in [0.4, 0.5) is 39.1 Å². The molecule has 0 bridgehead atoms. The van der Waals surface area contributed by atoms with Crippen LogP contribution in [0.25, 0.3) is 0 Å². The number of para-hydroxylation sites is 1. The lowest BCUT2D eigenvalue weighted by Crippen LogP contribution is -2.15. The van der Waals surface area contributed by atoms with Gasteiger partial charge in [-0.25, -0.2) is 18.7 Å². The summed E-state index contributed by atoms with van der Waals surface area (Å²) < 4.78 is 65.1. The van der Waals surface area contributed by atoms with Gasteiger partial charge in [-0.3, -0.25) is 4.79 Å². The zero-order valence-corrected chi connectivity index (χ0v) is 13.9. The fourth-order valence-corrected chi connectivity index (χ4v) is 2.23. The number of hydrogen-bond donors (Lipinski definition) is 2. The average molecular weight is 394 g/mol. The molecule has 5 nitrogen and oxygen atoms in total. The topological polar surface area (TPSA) is 66.9 Å². The first-order chi connectivity index (χ1) is 13.2. The molecule has 1 heterocycles. The van der Waals surface area contributed by atoms with E-state index >= 15 is 0 Å². The standard InChI is InChI=1S/C18H11F5N4O/c19-12-2-1-3-13(20)16(12)27-15-8-14(24-9-25-15)17(28)26-11-6-4-10(5-7-11)18(21,22)23/h1-9H,(H,26,28)(H,24,25,27). The van der Waals surface area contributed by atoms with Gasteiger partial charge in [-0.15, -0.1) is 0 Å². The van der Waals surface area contributed by atoms with E-state index in [1.807, 2.05) is 0 Å². The van der Waals surface area contributed by atoms with Gasteiger partial charge in [-0.2, -0.15) is 13.2 Å². The van der Waals surface area contributed by atoms with Crippen LogP contribution >= 0.6 is 0 Å². The Labute approximate surface area is 155 Å². The van der Waals surface area contributed by atoms with Crippen LogP contribution in [-0.2, 0) is 6.18 Å². The summed E-state index contributed by atoms with van der Waals surface area (Å²) in [6.07, 6.45) is -3.49. The van der Waals surface area contributed by atoms with Crippen molar-refractivity contribution in [3.05, 3.63) is 77.8 Å². The summed E-state index contributed by atoms with van der Waals surface area (Å²) in [7, 11) is 0. The molecular weight excluding hydrogens is 383 g/mol. The number of carbonyl (C=O) groups is 1. The SMILES string of the molecule is O=C(Nc1ccc(C(F)(F)F)cc1)c1cc(Nc2c(F)cccc2F)ncn1. The Morgan fingerprint density at radius 1 is 0.929 bits per heavy atom. The minimum absolute atomic E-state index is 0.0448. The van der Waals surface area contributed by atoms with Crippen molar-refractivity contribution in [2.75, 3.05) is 10.6 Å². The Balaban J connectivity index is 1.75. The molecule has 0 aliphatic carbocycles. The molecule has 0 fully saturated rings. The molecule has 0 unspecified atom stereocenters. The van der Waals surface area contributed by atoms with Crippen molar-refractivity contribution >= 4 is 23.1 Å². The largest absolute Gasteiger partial charge is 0.416 e. The Morgan fingerprint density at radius 3 is 2.18 bits per heavy atom. The van der Waals surface area contributed by atoms with E-state index in [4.69, 9.17) is 0 Å². The van der Waals surface area contributed by atoms with E-state index in [-0.39, 0.29) is 17.2 Å². The van der Waals surface area contributed by atoms with Crippen LogP contribution in [0, 0.1) is 11.6 Å². The quantitative estimate of drug-likeness (QED) is 0.626. The van der Waals surface area contributed by atoms with Gasteiger partial charge in [0.1, 0.15) is 35.2 Å². The fourth-order valence-electron chi connectivity index (χ4n) is 2.23. The molecule has 0 spiro atoms. The van der Waals surface area contributed by atoms with Gasteiger partial charge in [0.05, 0.1) is 5.56 Å². The molecule has 3 rings (SSSR count). The molecule has 1 aromatic heterocycles. The molecule has 2 aromatic carbocycles. The highest BCUT2D eigenvalue weighted by atomic mass is 19.4. The maximum Gasteiger partial charge on any atom is 0.416 e. The van der Waals surface area contributed by atoms with Gasteiger partial charge in [0.25, 0.3) is 5.91 Å². The summed E-state index contributed by atoms with van der Waals surface area (Å²) in [6, 6.07) is 8.26. The summed E-state index contributed by atoms with van der Waals surface area (Å²) in [5.74, 6) is -2.49. The van der Waals surface area contributed by atoms with E-state index in [1.165, 1.54) is 6.07 Å². The predicted molar refractivity (Wildman–Crippen MR) is 91.1 cm³/mol. The third-order valence-corrected chi connectivity index (χ3v) is 3.59. The van der Waals surface area contributed by atoms with Crippen molar-refractivity contribution in [1.29, 1.82) is 0 Å². The zero-order valence-electron chi connectivity index (χ0n) is 13.9. The van der Waals surface area contributed by atoms with Crippen molar-refractivity contribution < 1.29 is 26.7 Å². The van der Waals surface area contributed by atoms with Crippen molar-refractivity contribution in [3.63, 3.8) is 0 Å². The highest BCUT2D eigenvalue weighted by Crippen LogP contribution is 2.30. The predicted octanol–water partition coefficient (Wildman–Crippen LogP) is 4.77. The number of anilines is 3. The highest BCUT2D eigenvalue weighted by Gasteiger charge is 2.30. The Bertz CT molecular complexity index is 985. The van der Waals surface area contributed by atoms with Crippen LogP contribution in [-0.4, -0.2) is 15.9 Å². The van der Waals surface area contributed by atoms with Crippen LogP contribution < -0.4 is 10.6 Å². The van der Waals surface area contributed by atoms with E-state index in [1.54, 1.807) is 0 Å². The Morgan fingerprint density at radius 2 is 1.57 bits per heavy atom. The molecule has 1 amide bonds. The van der Waals surface area contributed by atoms with Crippen LogP contribution in [0.1, 0.15) is 16.1 Å². The molecule has 2 N–H and O–H groups in total. The van der Waals surface area contributed by atoms with Crippen molar-refractivity contribution in [1.82, 2.24) is 9.97 Å². The monoisotopic (exact) mass is 394 g/mol. The van der Waals surface area contributed by atoms with Crippen molar-refractivity contribution in [2.45, 2.75) is 6.18 Å². The van der Waals surface area contributed by atoms with Crippen molar-refractivity contribution in [3.8, 4) is 0 Å². The number of amides is 1. The molecule has 0 saturated heterocycles. The second kappa shape index (κ2) is 7.59. The van der Waals surface area contributed by atoms with Gasteiger partial charge < -0.3 is 10.6 Å². The summed E-state index contributed by atoms with van der Waals surface area (Å²) in [4.78, 5) is 19.8. The number of rotatable bonds is 4. The lowest BCUT2D eigenvalue weighted by atomic mass is 10.2. The molecular formula is C18H11F5N4O. The molecule has 3 aromatic rings. The number of alkyl halides is 3. The smallest absolute Gasteiger partial charge is 0.335 e. The van der Waals surface area contributed by atoms with E-state index < -0.39 is 35.0 Å². The van der Waals surface area contributed by atoms with Gasteiger partial charge in [-0.05, 0) is 36.4 Å². The van der Waals surface area contributed by atoms with Gasteiger partial charge in [0.2, 0.25) is 0 Å².